The van der Waals surface area contributed by atoms with E-state index in [1.54, 1.807) is 18.2 Å². The fourth-order valence-corrected chi connectivity index (χ4v) is 3.85. The van der Waals surface area contributed by atoms with Gasteiger partial charge in [-0.3, -0.25) is 4.79 Å². The van der Waals surface area contributed by atoms with Crippen molar-refractivity contribution in [2.24, 2.45) is 5.73 Å². The first-order valence-corrected chi connectivity index (χ1v) is 10.7. The van der Waals surface area contributed by atoms with Gasteiger partial charge >= 0.3 is 0 Å². The standard InChI is InChI=1S/C21H20ClN5O2S/c1-12-15(22)6-4-8-17(12)25-19(28)11-30-21-27-26-20(29-21)16(23)9-13-10-24-18-7-3-2-5-14(13)18/h2-8,10,16,24H,9,11,23H2,1H3,(H,25,28)/t16-/m1/s1. The third-order valence-electron chi connectivity index (χ3n) is 4.72. The molecule has 7 nitrogen and oxygen atoms in total. The number of thioether (sulfide) groups is 1. The second kappa shape index (κ2) is 8.91. The maximum Gasteiger partial charge on any atom is 0.277 e. The van der Waals surface area contributed by atoms with Crippen molar-refractivity contribution in [3.8, 4) is 0 Å². The maximum atomic E-state index is 12.2. The molecule has 0 aliphatic carbocycles. The first kappa shape index (κ1) is 20.5. The summed E-state index contributed by atoms with van der Waals surface area (Å²) >= 11 is 7.24. The zero-order chi connectivity index (χ0) is 21.1. The number of nitrogens with one attached hydrogen (secondary N) is 2. The first-order chi connectivity index (χ1) is 14.5. The Morgan fingerprint density at radius 3 is 2.97 bits per heavy atom. The molecule has 0 aliphatic rings. The van der Waals surface area contributed by atoms with Gasteiger partial charge in [0.25, 0.3) is 5.22 Å². The van der Waals surface area contributed by atoms with E-state index in [4.69, 9.17) is 21.8 Å². The molecule has 0 fully saturated rings. The molecule has 0 unspecified atom stereocenters. The Labute approximate surface area is 182 Å². The third-order valence-corrected chi connectivity index (χ3v) is 5.95. The van der Waals surface area contributed by atoms with E-state index in [2.05, 4.69) is 20.5 Å². The molecule has 1 amide bonds. The van der Waals surface area contributed by atoms with Gasteiger partial charge in [0.1, 0.15) is 0 Å². The van der Waals surface area contributed by atoms with Crippen LogP contribution in [-0.2, 0) is 11.2 Å². The second-order valence-corrected chi connectivity index (χ2v) is 8.16. The average Bonchev–Trinajstić information content (AvgIpc) is 3.38. The van der Waals surface area contributed by atoms with Crippen LogP contribution in [0.2, 0.25) is 5.02 Å². The minimum Gasteiger partial charge on any atom is -0.414 e. The number of para-hydroxylation sites is 1. The van der Waals surface area contributed by atoms with Crippen LogP contribution in [0.3, 0.4) is 0 Å². The Morgan fingerprint density at radius 2 is 2.10 bits per heavy atom. The van der Waals surface area contributed by atoms with Gasteiger partial charge in [0.2, 0.25) is 11.8 Å². The number of amides is 1. The number of H-pyrrole nitrogens is 1. The van der Waals surface area contributed by atoms with E-state index in [-0.39, 0.29) is 11.7 Å². The van der Waals surface area contributed by atoms with Gasteiger partial charge in [0, 0.05) is 27.8 Å². The molecule has 2 heterocycles. The number of rotatable bonds is 7. The smallest absolute Gasteiger partial charge is 0.277 e. The van der Waals surface area contributed by atoms with Crippen LogP contribution in [0.5, 0.6) is 0 Å². The van der Waals surface area contributed by atoms with Gasteiger partial charge in [-0.25, -0.2) is 0 Å². The van der Waals surface area contributed by atoms with Crippen LogP contribution in [0.1, 0.15) is 23.1 Å². The van der Waals surface area contributed by atoms with E-state index in [1.165, 1.54) is 0 Å². The van der Waals surface area contributed by atoms with E-state index in [0.29, 0.717) is 28.2 Å². The number of nitrogens with zero attached hydrogens (tertiary/aromatic N) is 2. The van der Waals surface area contributed by atoms with Crippen molar-refractivity contribution in [1.29, 1.82) is 0 Å². The van der Waals surface area contributed by atoms with Gasteiger partial charge < -0.3 is 20.5 Å². The molecule has 2 aromatic heterocycles. The number of nitrogens with two attached hydrogens (primary N) is 1. The summed E-state index contributed by atoms with van der Waals surface area (Å²) < 4.78 is 5.65. The number of carbonyl (C=O) groups excluding carboxylic acids is 1. The fraction of sp³-hybridized carbons (Fsp3) is 0.190. The highest BCUT2D eigenvalue weighted by Crippen LogP contribution is 2.26. The Bertz CT molecular complexity index is 1190. The molecule has 0 bridgehead atoms. The van der Waals surface area contributed by atoms with Gasteiger partial charge in [-0.15, -0.1) is 10.2 Å². The molecule has 0 aliphatic heterocycles. The predicted octanol–water partition coefficient (Wildman–Crippen LogP) is 4.49. The van der Waals surface area contributed by atoms with Crippen molar-refractivity contribution >= 4 is 45.9 Å². The average molecular weight is 442 g/mol. The number of hydrogen-bond acceptors (Lipinski definition) is 6. The molecule has 4 aromatic rings. The number of carbonyl (C=O) groups is 1. The maximum absolute atomic E-state index is 12.2. The number of fused-ring (bicyclic) bond motifs is 1. The number of aromatic amines is 1. The lowest BCUT2D eigenvalue weighted by Crippen LogP contribution is -2.14. The molecule has 2 aromatic carbocycles. The van der Waals surface area contributed by atoms with Crippen LogP contribution in [0.4, 0.5) is 5.69 Å². The summed E-state index contributed by atoms with van der Waals surface area (Å²) in [5.41, 5.74) is 9.91. The van der Waals surface area contributed by atoms with E-state index >= 15 is 0 Å². The van der Waals surface area contributed by atoms with Crippen molar-refractivity contribution in [2.75, 3.05) is 11.1 Å². The summed E-state index contributed by atoms with van der Waals surface area (Å²) in [7, 11) is 0. The lowest BCUT2D eigenvalue weighted by Gasteiger charge is -2.08. The monoisotopic (exact) mass is 441 g/mol. The number of benzene rings is 2. The topological polar surface area (TPSA) is 110 Å². The van der Waals surface area contributed by atoms with Crippen LogP contribution >= 0.6 is 23.4 Å². The molecule has 154 valence electrons. The van der Waals surface area contributed by atoms with Crippen LogP contribution in [0.15, 0.2) is 58.3 Å². The van der Waals surface area contributed by atoms with Crippen molar-refractivity contribution in [3.05, 3.63) is 70.7 Å². The summed E-state index contributed by atoms with van der Waals surface area (Å²) in [5, 5.41) is 12.9. The lowest BCUT2D eigenvalue weighted by molar-refractivity contribution is -0.113. The van der Waals surface area contributed by atoms with E-state index in [0.717, 1.165) is 33.8 Å². The molecular formula is C21H20ClN5O2S. The SMILES string of the molecule is Cc1c(Cl)cccc1NC(=O)CSc1nnc([C@H](N)Cc2c[nH]c3ccccc23)o1. The molecule has 4 rings (SSSR count). The fourth-order valence-electron chi connectivity index (χ4n) is 3.11. The van der Waals surface area contributed by atoms with E-state index < -0.39 is 6.04 Å². The van der Waals surface area contributed by atoms with Gasteiger partial charge in [-0.1, -0.05) is 47.6 Å². The van der Waals surface area contributed by atoms with E-state index in [1.807, 2.05) is 37.4 Å². The number of halogens is 1. The molecule has 1 atom stereocenters. The highest BCUT2D eigenvalue weighted by molar-refractivity contribution is 7.99. The second-order valence-electron chi connectivity index (χ2n) is 6.83. The molecule has 0 radical (unpaired) electrons. The van der Waals surface area contributed by atoms with Crippen molar-refractivity contribution < 1.29 is 9.21 Å². The Balaban J connectivity index is 1.34. The van der Waals surface area contributed by atoms with Crippen LogP contribution in [0, 0.1) is 6.92 Å². The van der Waals surface area contributed by atoms with Crippen LogP contribution in [-0.4, -0.2) is 26.8 Å². The minimum atomic E-state index is -0.436. The van der Waals surface area contributed by atoms with Gasteiger partial charge in [0.05, 0.1) is 11.8 Å². The van der Waals surface area contributed by atoms with Crippen LogP contribution < -0.4 is 11.1 Å². The molecule has 4 N–H and O–H groups in total. The zero-order valence-electron chi connectivity index (χ0n) is 16.2. The Kier molecular flexibility index (Phi) is 6.08. The van der Waals surface area contributed by atoms with E-state index in [9.17, 15) is 4.79 Å². The Morgan fingerprint density at radius 1 is 1.27 bits per heavy atom. The normalized spacial score (nSPS) is 12.2. The number of hydrogen-bond donors (Lipinski definition) is 3. The van der Waals surface area contributed by atoms with Gasteiger partial charge in [0.15, 0.2) is 0 Å². The first-order valence-electron chi connectivity index (χ1n) is 9.33. The number of aromatic nitrogens is 3. The molecular weight excluding hydrogens is 422 g/mol. The Hall–Kier alpha value is -2.81. The summed E-state index contributed by atoms with van der Waals surface area (Å²) in [6.07, 6.45) is 2.50. The van der Waals surface area contributed by atoms with Gasteiger partial charge in [-0.2, -0.15) is 0 Å². The number of anilines is 1. The van der Waals surface area contributed by atoms with Gasteiger partial charge in [-0.05, 0) is 42.7 Å². The van der Waals surface area contributed by atoms with Crippen molar-refractivity contribution in [3.63, 3.8) is 0 Å². The van der Waals surface area contributed by atoms with Crippen molar-refractivity contribution in [2.45, 2.75) is 24.6 Å². The lowest BCUT2D eigenvalue weighted by atomic mass is 10.1. The highest BCUT2D eigenvalue weighted by atomic mass is 35.5. The summed E-state index contributed by atoms with van der Waals surface area (Å²) in [6.45, 7) is 1.85. The van der Waals surface area contributed by atoms with Crippen LogP contribution in [0.25, 0.3) is 10.9 Å². The predicted molar refractivity (Wildman–Crippen MR) is 119 cm³/mol. The molecule has 30 heavy (non-hydrogen) atoms. The molecule has 9 heteroatoms. The summed E-state index contributed by atoms with van der Waals surface area (Å²) in [6, 6.07) is 13.0. The largest absolute Gasteiger partial charge is 0.414 e. The summed E-state index contributed by atoms with van der Waals surface area (Å²) in [4.78, 5) is 15.5. The highest BCUT2D eigenvalue weighted by Gasteiger charge is 2.18. The molecule has 0 saturated heterocycles. The molecule has 0 spiro atoms. The zero-order valence-corrected chi connectivity index (χ0v) is 17.8. The minimum absolute atomic E-state index is 0.130. The van der Waals surface area contributed by atoms with Crippen molar-refractivity contribution in [1.82, 2.24) is 15.2 Å². The third kappa shape index (κ3) is 4.51. The molecule has 0 saturated carbocycles. The summed E-state index contributed by atoms with van der Waals surface area (Å²) in [5.74, 6) is 0.285. The quantitative estimate of drug-likeness (QED) is 0.364.